The zero-order valence-corrected chi connectivity index (χ0v) is 11.0. The highest BCUT2D eigenvalue weighted by atomic mass is 32.2. The van der Waals surface area contributed by atoms with Crippen LogP contribution in [-0.4, -0.2) is 13.7 Å². The zero-order chi connectivity index (χ0) is 13.2. The summed E-state index contributed by atoms with van der Waals surface area (Å²) in [6.07, 6.45) is 4.39. The van der Waals surface area contributed by atoms with E-state index in [1.807, 2.05) is 0 Å². The molecule has 18 heavy (non-hydrogen) atoms. The number of nitrogen functional groups attached to an aromatic ring is 1. The van der Waals surface area contributed by atoms with Gasteiger partial charge in [-0.25, -0.2) is 12.8 Å². The second-order valence-corrected chi connectivity index (χ2v) is 7.17. The maximum Gasteiger partial charge on any atom is 0.157 e. The third-order valence-electron chi connectivity index (χ3n) is 3.53. The smallest absolute Gasteiger partial charge is 0.157 e. The van der Waals surface area contributed by atoms with Gasteiger partial charge in [0.2, 0.25) is 0 Å². The van der Waals surface area contributed by atoms with E-state index >= 15 is 0 Å². The SMILES string of the molecule is Nc1cccc(CS(=O)(=O)C2CCCCC2)c1F. The summed E-state index contributed by atoms with van der Waals surface area (Å²) >= 11 is 0. The van der Waals surface area contributed by atoms with E-state index in [1.165, 1.54) is 12.1 Å². The van der Waals surface area contributed by atoms with Crippen LogP contribution in [0.4, 0.5) is 10.1 Å². The molecule has 3 nitrogen and oxygen atoms in total. The van der Waals surface area contributed by atoms with E-state index in [0.717, 1.165) is 19.3 Å². The first-order valence-electron chi connectivity index (χ1n) is 6.25. The van der Waals surface area contributed by atoms with Gasteiger partial charge in [0, 0.05) is 5.56 Å². The molecule has 0 unspecified atom stereocenters. The third-order valence-corrected chi connectivity index (χ3v) is 5.73. The molecule has 1 aromatic carbocycles. The quantitative estimate of drug-likeness (QED) is 0.860. The van der Waals surface area contributed by atoms with Crippen molar-refractivity contribution in [1.29, 1.82) is 0 Å². The fraction of sp³-hybridized carbons (Fsp3) is 0.538. The van der Waals surface area contributed by atoms with E-state index in [1.54, 1.807) is 6.07 Å². The zero-order valence-electron chi connectivity index (χ0n) is 10.2. The van der Waals surface area contributed by atoms with Crippen LogP contribution in [0.15, 0.2) is 18.2 Å². The standard InChI is InChI=1S/C13H18FNO2S/c14-13-10(5-4-8-12(13)15)9-18(16,17)11-6-2-1-3-7-11/h4-5,8,11H,1-3,6-7,9,15H2. The number of nitrogens with two attached hydrogens (primary N) is 1. The molecular weight excluding hydrogens is 253 g/mol. The predicted molar refractivity (Wildman–Crippen MR) is 70.3 cm³/mol. The lowest BCUT2D eigenvalue weighted by Gasteiger charge is -2.21. The van der Waals surface area contributed by atoms with Gasteiger partial charge in [0.25, 0.3) is 0 Å². The molecule has 1 fully saturated rings. The second kappa shape index (κ2) is 5.26. The highest BCUT2D eigenvalue weighted by Gasteiger charge is 2.28. The Morgan fingerprint density at radius 2 is 1.89 bits per heavy atom. The largest absolute Gasteiger partial charge is 0.396 e. The second-order valence-electron chi connectivity index (χ2n) is 4.89. The normalized spacial score (nSPS) is 17.8. The molecule has 0 amide bonds. The van der Waals surface area contributed by atoms with Crippen LogP contribution >= 0.6 is 0 Å². The average molecular weight is 271 g/mol. The van der Waals surface area contributed by atoms with Crippen molar-refractivity contribution in [1.82, 2.24) is 0 Å². The number of benzene rings is 1. The van der Waals surface area contributed by atoms with Gasteiger partial charge in [-0.05, 0) is 18.9 Å². The monoisotopic (exact) mass is 271 g/mol. The van der Waals surface area contributed by atoms with Crippen LogP contribution < -0.4 is 5.73 Å². The van der Waals surface area contributed by atoms with Crippen molar-refractivity contribution < 1.29 is 12.8 Å². The minimum absolute atomic E-state index is 0.00587. The van der Waals surface area contributed by atoms with Crippen molar-refractivity contribution in [2.45, 2.75) is 43.1 Å². The van der Waals surface area contributed by atoms with E-state index in [0.29, 0.717) is 12.8 Å². The Hall–Kier alpha value is -1.10. The molecule has 0 heterocycles. The topological polar surface area (TPSA) is 60.2 Å². The molecule has 1 saturated carbocycles. The van der Waals surface area contributed by atoms with Gasteiger partial charge in [0.15, 0.2) is 9.84 Å². The Morgan fingerprint density at radius 1 is 1.22 bits per heavy atom. The van der Waals surface area contributed by atoms with Gasteiger partial charge in [-0.3, -0.25) is 0 Å². The summed E-state index contributed by atoms with van der Waals surface area (Å²) in [4.78, 5) is 0. The van der Waals surface area contributed by atoms with Gasteiger partial charge < -0.3 is 5.73 Å². The maximum absolute atomic E-state index is 13.7. The highest BCUT2D eigenvalue weighted by Crippen LogP contribution is 2.27. The molecule has 0 aromatic heterocycles. The first-order valence-corrected chi connectivity index (χ1v) is 7.96. The molecule has 1 aliphatic rings. The lowest BCUT2D eigenvalue weighted by molar-refractivity contribution is 0.482. The minimum atomic E-state index is -3.27. The van der Waals surface area contributed by atoms with Gasteiger partial charge in [-0.1, -0.05) is 31.4 Å². The molecule has 1 aromatic rings. The molecule has 0 aliphatic heterocycles. The van der Waals surface area contributed by atoms with Crippen molar-refractivity contribution in [2.24, 2.45) is 0 Å². The number of halogens is 1. The molecule has 0 bridgehead atoms. The predicted octanol–water partition coefficient (Wildman–Crippen LogP) is 2.66. The summed E-state index contributed by atoms with van der Waals surface area (Å²) in [5, 5.41) is -0.313. The Morgan fingerprint density at radius 3 is 2.56 bits per heavy atom. The number of hydrogen-bond acceptors (Lipinski definition) is 3. The first-order chi connectivity index (χ1) is 8.50. The van der Waals surface area contributed by atoms with Crippen molar-refractivity contribution in [2.75, 3.05) is 5.73 Å². The van der Waals surface area contributed by atoms with Gasteiger partial charge in [-0.15, -0.1) is 0 Å². The van der Waals surface area contributed by atoms with E-state index in [2.05, 4.69) is 0 Å². The number of rotatable bonds is 3. The summed E-state index contributed by atoms with van der Waals surface area (Å²) in [6.45, 7) is 0. The van der Waals surface area contributed by atoms with Crippen LogP contribution in [-0.2, 0) is 15.6 Å². The third kappa shape index (κ3) is 2.83. The van der Waals surface area contributed by atoms with Gasteiger partial charge >= 0.3 is 0 Å². The maximum atomic E-state index is 13.7. The Labute approximate surface area is 107 Å². The summed E-state index contributed by atoms with van der Waals surface area (Å²) in [5.41, 5.74) is 5.64. The van der Waals surface area contributed by atoms with E-state index in [4.69, 9.17) is 5.73 Å². The lowest BCUT2D eigenvalue weighted by Crippen LogP contribution is -2.25. The molecule has 0 saturated heterocycles. The van der Waals surface area contributed by atoms with Crippen molar-refractivity contribution >= 4 is 15.5 Å². The first kappa shape index (κ1) is 13.3. The molecule has 1 aliphatic carbocycles. The summed E-state index contributed by atoms with van der Waals surface area (Å²) in [5.74, 6) is -0.842. The average Bonchev–Trinajstić information content (AvgIpc) is 2.36. The van der Waals surface area contributed by atoms with E-state index in [-0.39, 0.29) is 22.3 Å². The number of sulfone groups is 1. The highest BCUT2D eigenvalue weighted by molar-refractivity contribution is 7.91. The van der Waals surface area contributed by atoms with Crippen molar-refractivity contribution in [3.63, 3.8) is 0 Å². The van der Waals surface area contributed by atoms with Crippen LogP contribution in [0.3, 0.4) is 0 Å². The molecule has 0 atom stereocenters. The number of hydrogen-bond donors (Lipinski definition) is 1. The Bertz CT molecular complexity index is 522. The molecule has 2 N–H and O–H groups in total. The van der Waals surface area contributed by atoms with E-state index in [9.17, 15) is 12.8 Å². The van der Waals surface area contributed by atoms with Gasteiger partial charge in [-0.2, -0.15) is 0 Å². The molecule has 0 radical (unpaired) electrons. The summed E-state index contributed by atoms with van der Waals surface area (Å²) in [7, 11) is -3.27. The minimum Gasteiger partial charge on any atom is -0.396 e. The van der Waals surface area contributed by atoms with Crippen LogP contribution in [0.1, 0.15) is 37.7 Å². The molecule has 0 spiro atoms. The Kier molecular flexibility index (Phi) is 3.90. The molecule has 100 valence electrons. The van der Waals surface area contributed by atoms with Crippen LogP contribution in [0.5, 0.6) is 0 Å². The van der Waals surface area contributed by atoms with Crippen LogP contribution in [0.2, 0.25) is 0 Å². The van der Waals surface area contributed by atoms with Gasteiger partial charge in [0.05, 0.1) is 16.7 Å². The lowest BCUT2D eigenvalue weighted by atomic mass is 10.0. The van der Waals surface area contributed by atoms with Crippen LogP contribution in [0.25, 0.3) is 0 Å². The fourth-order valence-electron chi connectivity index (χ4n) is 2.47. The van der Waals surface area contributed by atoms with Crippen molar-refractivity contribution in [3.8, 4) is 0 Å². The Balaban J connectivity index is 2.19. The summed E-state index contributed by atoms with van der Waals surface area (Å²) < 4.78 is 38.1. The van der Waals surface area contributed by atoms with E-state index < -0.39 is 15.7 Å². The van der Waals surface area contributed by atoms with Crippen LogP contribution in [0, 0.1) is 5.82 Å². The molecule has 5 heteroatoms. The number of anilines is 1. The molecule has 2 rings (SSSR count). The fourth-order valence-corrected chi connectivity index (χ4v) is 4.41. The summed E-state index contributed by atoms with van der Waals surface area (Å²) in [6, 6.07) is 4.52. The van der Waals surface area contributed by atoms with Gasteiger partial charge in [0.1, 0.15) is 5.82 Å². The molecular formula is C13H18FNO2S. The van der Waals surface area contributed by atoms with Crippen molar-refractivity contribution in [3.05, 3.63) is 29.6 Å².